The van der Waals surface area contributed by atoms with Crippen LogP contribution in [0.25, 0.3) is 0 Å². The van der Waals surface area contributed by atoms with E-state index in [1.165, 1.54) is 11.1 Å². The minimum Gasteiger partial charge on any atom is -0.337 e. The molecule has 1 heterocycles. The van der Waals surface area contributed by atoms with E-state index in [4.69, 9.17) is 5.73 Å². The first kappa shape index (κ1) is 14.1. The maximum absolute atomic E-state index is 12.4. The average molecular weight is 260 g/mol. The van der Waals surface area contributed by atoms with E-state index in [1.807, 2.05) is 11.0 Å². The lowest BCUT2D eigenvalue weighted by atomic mass is 10.0. The molecular weight excluding hydrogens is 236 g/mol. The topological polar surface area (TPSA) is 46.3 Å². The van der Waals surface area contributed by atoms with Crippen LogP contribution in [0.3, 0.4) is 0 Å². The molecule has 104 valence electrons. The number of rotatable bonds is 4. The average Bonchev–Trinajstić information content (AvgIpc) is 2.66. The van der Waals surface area contributed by atoms with Gasteiger partial charge in [0.1, 0.15) is 0 Å². The van der Waals surface area contributed by atoms with Crippen molar-refractivity contribution >= 4 is 5.91 Å². The fraction of sp³-hybridized carbons (Fsp3) is 0.562. The molecule has 1 aliphatic rings. The molecule has 0 spiro atoms. The Labute approximate surface area is 115 Å². The first-order valence-corrected chi connectivity index (χ1v) is 7.33. The molecule has 3 nitrogen and oxygen atoms in total. The molecule has 19 heavy (non-hydrogen) atoms. The van der Waals surface area contributed by atoms with Gasteiger partial charge in [-0.3, -0.25) is 4.79 Å². The van der Waals surface area contributed by atoms with Crippen LogP contribution >= 0.6 is 0 Å². The van der Waals surface area contributed by atoms with Gasteiger partial charge < -0.3 is 10.6 Å². The fourth-order valence-corrected chi connectivity index (χ4v) is 2.67. The molecule has 1 aromatic carbocycles. The molecule has 2 rings (SSSR count). The van der Waals surface area contributed by atoms with Crippen molar-refractivity contribution in [2.75, 3.05) is 6.54 Å². The Balaban J connectivity index is 2.03. The highest BCUT2D eigenvalue weighted by Gasteiger charge is 2.23. The molecule has 1 amide bonds. The Kier molecular flexibility index (Phi) is 4.97. The zero-order chi connectivity index (χ0) is 13.7. The first-order chi connectivity index (χ1) is 9.22. The molecule has 1 unspecified atom stereocenters. The van der Waals surface area contributed by atoms with E-state index in [-0.39, 0.29) is 11.9 Å². The van der Waals surface area contributed by atoms with Crippen molar-refractivity contribution in [1.82, 2.24) is 4.90 Å². The Hall–Kier alpha value is -1.35. The SMILES string of the molecule is CCCCC(N)C(=O)N1CCCc2ccccc2C1. The minimum atomic E-state index is -0.329. The van der Waals surface area contributed by atoms with Crippen LogP contribution in [0.2, 0.25) is 0 Å². The third-order valence-corrected chi connectivity index (χ3v) is 3.85. The van der Waals surface area contributed by atoms with Gasteiger partial charge >= 0.3 is 0 Å². The van der Waals surface area contributed by atoms with E-state index < -0.39 is 0 Å². The van der Waals surface area contributed by atoms with E-state index in [0.29, 0.717) is 0 Å². The quantitative estimate of drug-likeness (QED) is 0.904. The number of nitrogens with two attached hydrogens (primary N) is 1. The molecule has 1 atom stereocenters. The van der Waals surface area contributed by atoms with E-state index >= 15 is 0 Å². The monoisotopic (exact) mass is 260 g/mol. The highest BCUT2D eigenvalue weighted by molar-refractivity contribution is 5.81. The van der Waals surface area contributed by atoms with Crippen LogP contribution in [-0.2, 0) is 17.8 Å². The van der Waals surface area contributed by atoms with Gasteiger partial charge in [-0.05, 0) is 30.4 Å². The van der Waals surface area contributed by atoms with Gasteiger partial charge in [0.2, 0.25) is 5.91 Å². The van der Waals surface area contributed by atoms with Crippen molar-refractivity contribution in [3.63, 3.8) is 0 Å². The molecule has 0 radical (unpaired) electrons. The summed E-state index contributed by atoms with van der Waals surface area (Å²) in [4.78, 5) is 14.3. The molecule has 2 N–H and O–H groups in total. The summed E-state index contributed by atoms with van der Waals surface area (Å²) in [7, 11) is 0. The Bertz CT molecular complexity index is 431. The van der Waals surface area contributed by atoms with Crippen molar-refractivity contribution < 1.29 is 4.79 Å². The summed E-state index contributed by atoms with van der Waals surface area (Å²) in [5.41, 5.74) is 8.66. The predicted molar refractivity (Wildman–Crippen MR) is 77.7 cm³/mol. The van der Waals surface area contributed by atoms with Crippen LogP contribution in [0, 0.1) is 0 Å². The molecule has 0 bridgehead atoms. The summed E-state index contributed by atoms with van der Waals surface area (Å²) in [5, 5.41) is 0. The number of nitrogens with zero attached hydrogens (tertiary/aromatic N) is 1. The summed E-state index contributed by atoms with van der Waals surface area (Å²) in [6, 6.07) is 8.08. The van der Waals surface area contributed by atoms with Gasteiger partial charge in [-0.1, -0.05) is 44.0 Å². The zero-order valence-corrected chi connectivity index (χ0v) is 11.8. The summed E-state index contributed by atoms with van der Waals surface area (Å²) >= 11 is 0. The summed E-state index contributed by atoms with van der Waals surface area (Å²) in [6.45, 7) is 3.67. The number of fused-ring (bicyclic) bond motifs is 1. The fourth-order valence-electron chi connectivity index (χ4n) is 2.67. The van der Waals surface area contributed by atoms with Crippen molar-refractivity contribution in [3.05, 3.63) is 35.4 Å². The second-order valence-electron chi connectivity index (χ2n) is 5.38. The van der Waals surface area contributed by atoms with Crippen LogP contribution in [0.15, 0.2) is 24.3 Å². The number of hydrogen-bond acceptors (Lipinski definition) is 2. The Morgan fingerprint density at radius 2 is 2.11 bits per heavy atom. The number of carbonyl (C=O) groups is 1. The normalized spacial score (nSPS) is 16.6. The number of aryl methyl sites for hydroxylation is 1. The van der Waals surface area contributed by atoms with Gasteiger partial charge in [0.15, 0.2) is 0 Å². The molecule has 0 saturated heterocycles. The number of benzene rings is 1. The summed E-state index contributed by atoms with van der Waals surface area (Å²) in [5.74, 6) is 0.116. The molecule has 0 aromatic heterocycles. The highest BCUT2D eigenvalue weighted by Crippen LogP contribution is 2.19. The lowest BCUT2D eigenvalue weighted by molar-refractivity contribution is -0.133. The van der Waals surface area contributed by atoms with E-state index in [9.17, 15) is 4.79 Å². The lowest BCUT2D eigenvalue weighted by Gasteiger charge is -2.24. The van der Waals surface area contributed by atoms with Crippen LogP contribution in [0.4, 0.5) is 0 Å². The van der Waals surface area contributed by atoms with E-state index in [1.54, 1.807) is 0 Å². The largest absolute Gasteiger partial charge is 0.337 e. The van der Waals surface area contributed by atoms with E-state index in [0.717, 1.165) is 45.2 Å². The number of carbonyl (C=O) groups excluding carboxylic acids is 1. The molecule has 0 aliphatic carbocycles. The molecule has 1 aliphatic heterocycles. The van der Waals surface area contributed by atoms with Gasteiger partial charge in [-0.2, -0.15) is 0 Å². The van der Waals surface area contributed by atoms with Crippen molar-refractivity contribution in [2.24, 2.45) is 5.73 Å². The predicted octanol–water partition coefficient (Wildman–Crippen LogP) is 2.48. The molecule has 3 heteroatoms. The second-order valence-corrected chi connectivity index (χ2v) is 5.38. The van der Waals surface area contributed by atoms with E-state index in [2.05, 4.69) is 25.1 Å². The maximum Gasteiger partial charge on any atom is 0.239 e. The van der Waals surface area contributed by atoms with Crippen LogP contribution in [-0.4, -0.2) is 23.4 Å². The summed E-state index contributed by atoms with van der Waals surface area (Å²) < 4.78 is 0. The number of hydrogen-bond donors (Lipinski definition) is 1. The van der Waals surface area contributed by atoms with Crippen molar-refractivity contribution in [1.29, 1.82) is 0 Å². The van der Waals surface area contributed by atoms with Crippen LogP contribution in [0.5, 0.6) is 0 Å². The molecular formula is C16H24N2O. The smallest absolute Gasteiger partial charge is 0.239 e. The standard InChI is InChI=1S/C16H24N2O/c1-2-3-10-15(17)16(19)18-11-6-9-13-7-4-5-8-14(13)12-18/h4-5,7-8,15H,2-3,6,9-12,17H2,1H3. The Morgan fingerprint density at radius 3 is 2.84 bits per heavy atom. The molecule has 0 saturated carbocycles. The lowest BCUT2D eigenvalue weighted by Crippen LogP contribution is -2.43. The van der Waals surface area contributed by atoms with Crippen molar-refractivity contribution in [3.8, 4) is 0 Å². The maximum atomic E-state index is 12.4. The van der Waals surface area contributed by atoms with Crippen LogP contribution < -0.4 is 5.73 Å². The second kappa shape index (κ2) is 6.71. The van der Waals surface area contributed by atoms with Gasteiger partial charge in [-0.15, -0.1) is 0 Å². The molecule has 0 fully saturated rings. The third-order valence-electron chi connectivity index (χ3n) is 3.85. The van der Waals surface area contributed by atoms with Gasteiger partial charge in [0.25, 0.3) is 0 Å². The van der Waals surface area contributed by atoms with Crippen molar-refractivity contribution in [2.45, 2.75) is 51.6 Å². The summed E-state index contributed by atoms with van der Waals surface area (Å²) in [6.07, 6.45) is 5.00. The van der Waals surface area contributed by atoms with Gasteiger partial charge in [-0.25, -0.2) is 0 Å². The van der Waals surface area contributed by atoms with Gasteiger partial charge in [0, 0.05) is 13.1 Å². The molecule has 1 aromatic rings. The number of amides is 1. The number of unbranched alkanes of at least 4 members (excludes halogenated alkanes) is 1. The van der Waals surface area contributed by atoms with Gasteiger partial charge in [0.05, 0.1) is 6.04 Å². The third kappa shape index (κ3) is 3.57. The Morgan fingerprint density at radius 1 is 1.37 bits per heavy atom. The minimum absolute atomic E-state index is 0.116. The first-order valence-electron chi connectivity index (χ1n) is 7.33. The highest BCUT2D eigenvalue weighted by atomic mass is 16.2. The zero-order valence-electron chi connectivity index (χ0n) is 11.8. The van der Waals surface area contributed by atoms with Crippen LogP contribution in [0.1, 0.15) is 43.7 Å².